The van der Waals surface area contributed by atoms with Crippen LogP contribution in [0.2, 0.25) is 0 Å². The second kappa shape index (κ2) is 3.56. The molecular weight excluding hydrogens is 150 g/mol. The highest BCUT2D eigenvalue weighted by molar-refractivity contribution is 5.59. The fourth-order valence-corrected chi connectivity index (χ4v) is 0.921. The Morgan fingerprint density at radius 2 is 1.50 bits per heavy atom. The van der Waals surface area contributed by atoms with Crippen molar-refractivity contribution in [2.24, 2.45) is 5.41 Å². The molecule has 1 N–H and O–H groups in total. The Hall–Kier alpha value is -0.370. The summed E-state index contributed by atoms with van der Waals surface area (Å²) in [6.07, 6.45) is 0.991. The van der Waals surface area contributed by atoms with E-state index in [1.807, 2.05) is 0 Å². The summed E-state index contributed by atoms with van der Waals surface area (Å²) in [7, 11) is 0. The third-order valence-electron chi connectivity index (χ3n) is 1.66. The quantitative estimate of drug-likeness (QED) is 0.644. The molecule has 0 radical (unpaired) electrons. The number of rotatable bonds is 2. The largest absolute Gasteiger partial charge is 0.303 e. The van der Waals surface area contributed by atoms with Crippen LogP contribution in [0.15, 0.2) is 0 Å². The molecule has 0 aromatic heterocycles. The first-order valence-electron chi connectivity index (χ1n) is 4.40. The third-order valence-corrected chi connectivity index (χ3v) is 1.66. The molecule has 0 saturated heterocycles. The van der Waals surface area contributed by atoms with E-state index < -0.39 is 0 Å². The van der Waals surface area contributed by atoms with Gasteiger partial charge in [-0.15, -0.1) is 0 Å². The van der Waals surface area contributed by atoms with Gasteiger partial charge in [0.1, 0.15) is 6.29 Å². The highest BCUT2D eigenvalue weighted by Gasteiger charge is 2.27. The molecule has 0 aliphatic rings. The van der Waals surface area contributed by atoms with E-state index in [0.29, 0.717) is 0 Å². The summed E-state index contributed by atoms with van der Waals surface area (Å²) in [4.78, 5) is 10.8. The number of aldehydes is 1. The monoisotopic (exact) mass is 171 g/mol. The number of nitrogens with one attached hydrogen (secondary N) is 1. The van der Waals surface area contributed by atoms with Gasteiger partial charge in [0.05, 0.1) is 6.04 Å². The van der Waals surface area contributed by atoms with Crippen molar-refractivity contribution >= 4 is 6.29 Å². The molecule has 0 aliphatic carbocycles. The van der Waals surface area contributed by atoms with Crippen LogP contribution in [0.3, 0.4) is 0 Å². The minimum atomic E-state index is -0.0718. The second-order valence-electron chi connectivity index (χ2n) is 5.37. The molecule has 0 aromatic rings. The van der Waals surface area contributed by atoms with Gasteiger partial charge >= 0.3 is 0 Å². The molecule has 0 spiro atoms. The van der Waals surface area contributed by atoms with Gasteiger partial charge in [-0.25, -0.2) is 0 Å². The van der Waals surface area contributed by atoms with Crippen molar-refractivity contribution in [1.82, 2.24) is 5.32 Å². The van der Waals surface area contributed by atoms with Crippen molar-refractivity contribution in [3.63, 3.8) is 0 Å². The molecule has 0 unspecified atom stereocenters. The summed E-state index contributed by atoms with van der Waals surface area (Å²) < 4.78 is 0. The van der Waals surface area contributed by atoms with Crippen LogP contribution >= 0.6 is 0 Å². The zero-order valence-electron chi connectivity index (χ0n) is 9.06. The van der Waals surface area contributed by atoms with E-state index in [4.69, 9.17) is 0 Å². The van der Waals surface area contributed by atoms with E-state index >= 15 is 0 Å². The first kappa shape index (κ1) is 11.6. The Morgan fingerprint density at radius 3 is 1.58 bits per heavy atom. The van der Waals surface area contributed by atoms with Gasteiger partial charge in [0.2, 0.25) is 0 Å². The predicted molar refractivity (Wildman–Crippen MR) is 52.2 cm³/mol. The van der Waals surface area contributed by atoms with Crippen LogP contribution in [-0.4, -0.2) is 17.9 Å². The van der Waals surface area contributed by atoms with Gasteiger partial charge in [-0.1, -0.05) is 20.8 Å². The van der Waals surface area contributed by atoms with Crippen LogP contribution in [0.4, 0.5) is 0 Å². The molecule has 0 aliphatic heterocycles. The minimum Gasteiger partial charge on any atom is -0.303 e. The highest BCUT2D eigenvalue weighted by Crippen LogP contribution is 2.19. The molecule has 12 heavy (non-hydrogen) atoms. The normalized spacial score (nSPS) is 15.8. The van der Waals surface area contributed by atoms with Crippen molar-refractivity contribution in [3.8, 4) is 0 Å². The van der Waals surface area contributed by atoms with Crippen LogP contribution in [-0.2, 0) is 4.79 Å². The fraction of sp³-hybridized carbons (Fsp3) is 0.900. The predicted octanol–water partition coefficient (Wildman–Crippen LogP) is 1.99. The summed E-state index contributed by atoms with van der Waals surface area (Å²) in [5.74, 6) is 0. The van der Waals surface area contributed by atoms with Crippen LogP contribution in [0, 0.1) is 5.41 Å². The lowest BCUT2D eigenvalue weighted by Gasteiger charge is -2.33. The number of carbonyl (C=O) groups is 1. The standard InChI is InChI=1S/C10H21NO/c1-9(2,3)8(7-12)11-10(4,5)6/h7-8,11H,1-6H3/t8-/m1/s1. The third kappa shape index (κ3) is 4.50. The molecular formula is C10H21NO. The van der Waals surface area contributed by atoms with Crippen LogP contribution in [0.1, 0.15) is 41.5 Å². The van der Waals surface area contributed by atoms with Crippen molar-refractivity contribution in [3.05, 3.63) is 0 Å². The molecule has 2 heteroatoms. The summed E-state index contributed by atoms with van der Waals surface area (Å²) >= 11 is 0. The van der Waals surface area contributed by atoms with Gasteiger partial charge < -0.3 is 10.1 Å². The van der Waals surface area contributed by atoms with Gasteiger partial charge in [-0.2, -0.15) is 0 Å². The Labute approximate surface area is 75.7 Å². The molecule has 0 amide bonds. The van der Waals surface area contributed by atoms with Gasteiger partial charge in [0.15, 0.2) is 0 Å². The molecule has 0 heterocycles. The lowest BCUT2D eigenvalue weighted by atomic mass is 9.86. The number of hydrogen-bond donors (Lipinski definition) is 1. The van der Waals surface area contributed by atoms with Gasteiger partial charge in [-0.3, -0.25) is 0 Å². The molecule has 0 bridgehead atoms. The smallest absolute Gasteiger partial charge is 0.137 e. The number of hydrogen-bond acceptors (Lipinski definition) is 2. The average molecular weight is 171 g/mol. The second-order valence-corrected chi connectivity index (χ2v) is 5.37. The fourth-order valence-electron chi connectivity index (χ4n) is 0.921. The summed E-state index contributed by atoms with van der Waals surface area (Å²) in [6, 6.07) is -0.0718. The first-order chi connectivity index (χ1) is 5.17. The zero-order chi connectivity index (χ0) is 9.99. The summed E-state index contributed by atoms with van der Waals surface area (Å²) in [6.45, 7) is 12.4. The molecule has 0 fully saturated rings. The van der Waals surface area contributed by atoms with E-state index in [1.165, 1.54) is 0 Å². The lowest BCUT2D eigenvalue weighted by molar-refractivity contribution is -0.112. The van der Waals surface area contributed by atoms with Gasteiger partial charge in [-0.05, 0) is 26.2 Å². The van der Waals surface area contributed by atoms with Crippen molar-refractivity contribution in [1.29, 1.82) is 0 Å². The molecule has 0 rings (SSSR count). The maximum atomic E-state index is 10.8. The highest BCUT2D eigenvalue weighted by atomic mass is 16.1. The Morgan fingerprint density at radius 1 is 1.08 bits per heavy atom. The maximum absolute atomic E-state index is 10.8. The Bertz CT molecular complexity index is 150. The topological polar surface area (TPSA) is 29.1 Å². The van der Waals surface area contributed by atoms with Gasteiger partial charge in [0.25, 0.3) is 0 Å². The zero-order valence-corrected chi connectivity index (χ0v) is 9.06. The SMILES string of the molecule is CC(C)(C)N[C@H](C=O)C(C)(C)C. The van der Waals surface area contributed by atoms with Crippen LogP contribution in [0.5, 0.6) is 0 Å². The molecule has 0 aromatic carbocycles. The summed E-state index contributed by atoms with van der Waals surface area (Å²) in [5.41, 5.74) is -0.00606. The summed E-state index contributed by atoms with van der Waals surface area (Å²) in [5, 5.41) is 3.28. The van der Waals surface area contributed by atoms with E-state index in [2.05, 4.69) is 46.9 Å². The van der Waals surface area contributed by atoms with E-state index in [0.717, 1.165) is 6.29 Å². The first-order valence-corrected chi connectivity index (χ1v) is 4.40. The van der Waals surface area contributed by atoms with E-state index in [-0.39, 0.29) is 17.0 Å². The van der Waals surface area contributed by atoms with Crippen molar-refractivity contribution in [2.75, 3.05) is 0 Å². The van der Waals surface area contributed by atoms with Crippen LogP contribution < -0.4 is 5.32 Å². The lowest BCUT2D eigenvalue weighted by Crippen LogP contribution is -2.50. The minimum absolute atomic E-state index is 0.00113. The maximum Gasteiger partial charge on any atom is 0.137 e. The van der Waals surface area contributed by atoms with E-state index in [1.54, 1.807) is 0 Å². The van der Waals surface area contributed by atoms with Crippen molar-refractivity contribution in [2.45, 2.75) is 53.1 Å². The van der Waals surface area contributed by atoms with Gasteiger partial charge in [0, 0.05) is 5.54 Å². The van der Waals surface area contributed by atoms with E-state index in [9.17, 15) is 4.79 Å². The average Bonchev–Trinajstić information content (AvgIpc) is 1.78. The molecule has 72 valence electrons. The molecule has 2 nitrogen and oxygen atoms in total. The van der Waals surface area contributed by atoms with Crippen molar-refractivity contribution < 1.29 is 4.79 Å². The number of carbonyl (C=O) groups excluding carboxylic acids is 1. The molecule has 1 atom stereocenters. The van der Waals surface area contributed by atoms with Crippen LogP contribution in [0.25, 0.3) is 0 Å². The Kier molecular flexibility index (Phi) is 3.45. The Balaban J connectivity index is 4.30. The molecule has 0 saturated carbocycles.